The third kappa shape index (κ3) is 5.04. The summed E-state index contributed by atoms with van der Waals surface area (Å²) in [5.41, 5.74) is 2.72. The van der Waals surface area contributed by atoms with E-state index in [2.05, 4.69) is 25.6 Å². The Morgan fingerprint density at radius 2 is 1.87 bits per heavy atom. The van der Waals surface area contributed by atoms with E-state index in [0.29, 0.717) is 5.82 Å². The highest BCUT2D eigenvalue weighted by atomic mass is 32.1. The lowest BCUT2D eigenvalue weighted by atomic mass is 10.1. The number of phenols is 1. The van der Waals surface area contributed by atoms with Gasteiger partial charge in [-0.05, 0) is 54.4 Å². The van der Waals surface area contributed by atoms with Gasteiger partial charge in [0.25, 0.3) is 0 Å². The Balaban J connectivity index is 1.61. The normalized spacial score (nSPS) is 11.7. The Hall–Kier alpha value is -3.78. The second-order valence-corrected chi connectivity index (χ2v) is 8.10. The van der Waals surface area contributed by atoms with Crippen molar-refractivity contribution in [3.05, 3.63) is 83.1 Å². The molecule has 0 spiro atoms. The van der Waals surface area contributed by atoms with Crippen molar-refractivity contribution in [3.8, 4) is 16.3 Å². The second-order valence-electron chi connectivity index (χ2n) is 7.04. The van der Waals surface area contributed by atoms with E-state index in [1.54, 1.807) is 36.7 Å². The number of amides is 1. The van der Waals surface area contributed by atoms with Gasteiger partial charge in [-0.2, -0.15) is 0 Å². The molecule has 0 saturated carbocycles. The molecule has 0 bridgehead atoms. The molecule has 4 aromatic rings. The Kier molecular flexibility index (Phi) is 5.90. The van der Waals surface area contributed by atoms with Crippen molar-refractivity contribution in [3.63, 3.8) is 0 Å². The molecule has 0 aliphatic rings. The number of pyridine rings is 2. The van der Waals surface area contributed by atoms with E-state index in [9.17, 15) is 9.90 Å². The van der Waals surface area contributed by atoms with Crippen LogP contribution >= 0.6 is 11.3 Å². The molecule has 0 unspecified atom stereocenters. The number of nitrogens with one attached hydrogen (secondary N) is 2. The number of phenolic OH excluding ortho intramolecular Hbond substituents is 1. The quantitative estimate of drug-likeness (QED) is 0.413. The van der Waals surface area contributed by atoms with Crippen molar-refractivity contribution in [1.29, 1.82) is 0 Å². The van der Waals surface area contributed by atoms with Crippen molar-refractivity contribution in [2.24, 2.45) is 0 Å². The van der Waals surface area contributed by atoms with E-state index in [0.717, 1.165) is 32.5 Å². The van der Waals surface area contributed by atoms with Gasteiger partial charge in [-0.25, -0.2) is 15.0 Å². The van der Waals surface area contributed by atoms with E-state index in [1.165, 1.54) is 18.3 Å². The van der Waals surface area contributed by atoms with Crippen molar-refractivity contribution in [2.45, 2.75) is 19.9 Å². The molecule has 3 heterocycles. The zero-order valence-electron chi connectivity index (χ0n) is 17.0. The Bertz CT molecular complexity index is 1210. The highest BCUT2D eigenvalue weighted by Gasteiger charge is 2.20. The van der Waals surface area contributed by atoms with E-state index in [4.69, 9.17) is 0 Å². The molecule has 156 valence electrons. The Morgan fingerprint density at radius 3 is 2.61 bits per heavy atom. The number of thiazole rings is 1. The minimum Gasteiger partial charge on any atom is -0.508 e. The number of carbonyl (C=O) groups excluding carboxylic acids is 1. The number of hydrogen-bond donors (Lipinski definition) is 3. The number of aryl methyl sites for hydroxylation is 1. The molecule has 1 amide bonds. The molecule has 3 aromatic heterocycles. The molecule has 0 radical (unpaired) electrons. The summed E-state index contributed by atoms with van der Waals surface area (Å²) in [6.07, 6.45) is 3.51. The molecule has 0 aliphatic heterocycles. The molecule has 0 fully saturated rings. The lowest BCUT2D eigenvalue weighted by molar-refractivity contribution is -0.119. The van der Waals surface area contributed by atoms with Crippen LogP contribution in [-0.2, 0) is 4.79 Å². The predicted octanol–water partition coefficient (Wildman–Crippen LogP) is 4.58. The first kappa shape index (κ1) is 20.5. The average molecular weight is 432 g/mol. The van der Waals surface area contributed by atoms with Crippen molar-refractivity contribution >= 4 is 28.9 Å². The van der Waals surface area contributed by atoms with Crippen molar-refractivity contribution in [1.82, 2.24) is 20.3 Å². The van der Waals surface area contributed by atoms with Gasteiger partial charge in [0.2, 0.25) is 5.91 Å². The van der Waals surface area contributed by atoms with Crippen LogP contribution < -0.4 is 10.6 Å². The highest BCUT2D eigenvalue weighted by molar-refractivity contribution is 7.15. The summed E-state index contributed by atoms with van der Waals surface area (Å²) in [4.78, 5) is 26.2. The maximum Gasteiger partial charge on any atom is 0.217 e. The summed E-state index contributed by atoms with van der Waals surface area (Å²) in [7, 11) is 0. The monoisotopic (exact) mass is 431 g/mol. The first-order chi connectivity index (χ1) is 15.0. The van der Waals surface area contributed by atoms with E-state index in [-0.39, 0.29) is 11.7 Å². The van der Waals surface area contributed by atoms with E-state index in [1.807, 2.05) is 37.3 Å². The summed E-state index contributed by atoms with van der Waals surface area (Å²) in [5.74, 6) is 1.42. The van der Waals surface area contributed by atoms with Gasteiger partial charge in [-0.3, -0.25) is 4.79 Å². The molecular formula is C23H21N5O2S. The zero-order valence-corrected chi connectivity index (χ0v) is 17.9. The van der Waals surface area contributed by atoms with Gasteiger partial charge < -0.3 is 15.7 Å². The van der Waals surface area contributed by atoms with Crippen LogP contribution in [-0.4, -0.2) is 26.0 Å². The largest absolute Gasteiger partial charge is 0.508 e. The van der Waals surface area contributed by atoms with Gasteiger partial charge in [-0.15, -0.1) is 11.3 Å². The number of anilines is 2. The molecule has 31 heavy (non-hydrogen) atoms. The molecule has 3 N–H and O–H groups in total. The molecule has 8 heteroatoms. The first-order valence-corrected chi connectivity index (χ1v) is 10.5. The maximum absolute atomic E-state index is 11.8. The van der Waals surface area contributed by atoms with Crippen LogP contribution in [0.25, 0.3) is 10.6 Å². The lowest BCUT2D eigenvalue weighted by Gasteiger charge is -2.16. The number of carbonyl (C=O) groups is 1. The molecule has 1 aromatic carbocycles. The SMILES string of the molecule is CC(=O)N[C@H](c1ccc(O)cc1)c1ncc(-c2cccc(Nc3cc(C)ccn3)n2)s1. The van der Waals surface area contributed by atoms with Gasteiger partial charge in [0.05, 0.1) is 10.6 Å². The summed E-state index contributed by atoms with van der Waals surface area (Å²) in [6.45, 7) is 3.48. The Labute approximate surface area is 183 Å². The lowest BCUT2D eigenvalue weighted by Crippen LogP contribution is -2.26. The number of aromatic nitrogens is 3. The minimum absolute atomic E-state index is 0.162. The number of aromatic hydroxyl groups is 1. The maximum atomic E-state index is 11.8. The highest BCUT2D eigenvalue weighted by Crippen LogP contribution is 2.32. The van der Waals surface area contributed by atoms with E-state index >= 15 is 0 Å². The average Bonchev–Trinajstić information content (AvgIpc) is 3.23. The van der Waals surface area contributed by atoms with Crippen LogP contribution in [0.15, 0.2) is 67.0 Å². The van der Waals surface area contributed by atoms with Gasteiger partial charge in [0.15, 0.2) is 0 Å². The van der Waals surface area contributed by atoms with Gasteiger partial charge in [0.1, 0.15) is 28.4 Å². The molecule has 7 nitrogen and oxygen atoms in total. The fraction of sp³-hybridized carbons (Fsp3) is 0.130. The van der Waals surface area contributed by atoms with Crippen LogP contribution in [0, 0.1) is 6.92 Å². The molecule has 0 aliphatic carbocycles. The Morgan fingerprint density at radius 1 is 1.06 bits per heavy atom. The molecule has 4 rings (SSSR count). The van der Waals surface area contributed by atoms with Gasteiger partial charge in [-0.1, -0.05) is 18.2 Å². The second kappa shape index (κ2) is 8.93. The number of nitrogens with zero attached hydrogens (tertiary/aromatic N) is 3. The van der Waals surface area contributed by atoms with Crippen molar-refractivity contribution in [2.75, 3.05) is 5.32 Å². The van der Waals surface area contributed by atoms with Crippen LogP contribution in [0.3, 0.4) is 0 Å². The van der Waals surface area contributed by atoms with Crippen LogP contribution in [0.1, 0.15) is 29.1 Å². The number of hydrogen-bond acceptors (Lipinski definition) is 7. The summed E-state index contributed by atoms with van der Waals surface area (Å²) in [5, 5.41) is 16.5. The standard InChI is InChI=1S/C23H21N5O2S/c1-14-10-11-24-21(12-14)28-20-5-3-4-18(27-20)19-13-25-23(31-19)22(26-15(2)29)16-6-8-17(30)9-7-16/h3-13,22,30H,1-2H3,(H,26,29)(H,24,27,28)/t22-/m1/s1. The molecule has 0 saturated heterocycles. The number of benzene rings is 1. The summed E-state index contributed by atoms with van der Waals surface area (Å²) in [6, 6.07) is 15.9. The summed E-state index contributed by atoms with van der Waals surface area (Å²) < 4.78 is 0. The predicted molar refractivity (Wildman–Crippen MR) is 121 cm³/mol. The van der Waals surface area contributed by atoms with Gasteiger partial charge in [0, 0.05) is 19.3 Å². The first-order valence-electron chi connectivity index (χ1n) is 9.67. The van der Waals surface area contributed by atoms with Crippen LogP contribution in [0.5, 0.6) is 5.75 Å². The molecule has 1 atom stereocenters. The van der Waals surface area contributed by atoms with Crippen LogP contribution in [0.2, 0.25) is 0 Å². The minimum atomic E-state index is -0.408. The topological polar surface area (TPSA) is 100 Å². The summed E-state index contributed by atoms with van der Waals surface area (Å²) >= 11 is 1.46. The van der Waals surface area contributed by atoms with Gasteiger partial charge >= 0.3 is 0 Å². The number of rotatable bonds is 6. The smallest absolute Gasteiger partial charge is 0.217 e. The fourth-order valence-corrected chi connectivity index (χ4v) is 4.04. The van der Waals surface area contributed by atoms with E-state index < -0.39 is 6.04 Å². The zero-order chi connectivity index (χ0) is 21.8. The fourth-order valence-electron chi connectivity index (χ4n) is 3.07. The third-order valence-corrected chi connectivity index (χ3v) is 5.60. The molecular weight excluding hydrogens is 410 g/mol. The third-order valence-electron chi connectivity index (χ3n) is 4.52. The van der Waals surface area contributed by atoms with Crippen molar-refractivity contribution < 1.29 is 9.90 Å². The van der Waals surface area contributed by atoms with Crippen LogP contribution in [0.4, 0.5) is 11.6 Å².